The van der Waals surface area contributed by atoms with Crippen molar-refractivity contribution in [2.75, 3.05) is 7.11 Å². The van der Waals surface area contributed by atoms with Crippen LogP contribution in [0.4, 0.5) is 0 Å². The molecule has 1 aromatic heterocycles. The van der Waals surface area contributed by atoms with Crippen LogP contribution < -0.4 is 9.47 Å². The Hall–Kier alpha value is -1.26. The highest BCUT2D eigenvalue weighted by molar-refractivity contribution is 7.15. The van der Waals surface area contributed by atoms with E-state index in [0.29, 0.717) is 22.6 Å². The SMILES string of the molecule is COc1c[c]ccc1OCc1cnc(Cl)s1. The van der Waals surface area contributed by atoms with Crippen LogP contribution in [0.15, 0.2) is 24.4 Å². The Kier molecular flexibility index (Phi) is 3.64. The van der Waals surface area contributed by atoms with Gasteiger partial charge in [-0.2, -0.15) is 0 Å². The maximum absolute atomic E-state index is 5.72. The lowest BCUT2D eigenvalue weighted by molar-refractivity contribution is 0.287. The molecule has 0 N–H and O–H groups in total. The largest absolute Gasteiger partial charge is 0.493 e. The fourth-order valence-corrected chi connectivity index (χ4v) is 2.07. The van der Waals surface area contributed by atoms with E-state index in [1.54, 1.807) is 25.4 Å². The molecular weight excluding hydrogens is 246 g/mol. The van der Waals surface area contributed by atoms with Crippen molar-refractivity contribution >= 4 is 22.9 Å². The van der Waals surface area contributed by atoms with E-state index in [-0.39, 0.29) is 0 Å². The van der Waals surface area contributed by atoms with Crippen LogP contribution in [-0.2, 0) is 6.61 Å². The first-order valence-electron chi connectivity index (χ1n) is 4.56. The molecule has 0 unspecified atom stereocenters. The number of methoxy groups -OCH3 is 1. The van der Waals surface area contributed by atoms with Gasteiger partial charge in [-0.3, -0.25) is 0 Å². The fraction of sp³-hybridized carbons (Fsp3) is 0.182. The molecule has 0 atom stereocenters. The predicted molar refractivity (Wildman–Crippen MR) is 63.3 cm³/mol. The van der Waals surface area contributed by atoms with E-state index in [1.807, 2.05) is 6.07 Å². The van der Waals surface area contributed by atoms with Crippen molar-refractivity contribution in [3.05, 3.63) is 39.8 Å². The van der Waals surface area contributed by atoms with Crippen LogP contribution in [0.2, 0.25) is 4.47 Å². The highest BCUT2D eigenvalue weighted by Crippen LogP contribution is 2.27. The Morgan fingerprint density at radius 2 is 2.38 bits per heavy atom. The standard InChI is InChI=1S/C11H9ClNO2S/c1-14-9-4-2-3-5-10(9)15-7-8-6-13-11(12)16-8/h3-6H,7H2,1H3. The molecule has 3 nitrogen and oxygen atoms in total. The Morgan fingerprint density at radius 1 is 1.50 bits per heavy atom. The number of rotatable bonds is 4. The molecule has 2 aromatic rings. The summed E-state index contributed by atoms with van der Waals surface area (Å²) in [5.41, 5.74) is 0. The zero-order chi connectivity index (χ0) is 11.4. The van der Waals surface area contributed by atoms with Gasteiger partial charge in [0.15, 0.2) is 16.0 Å². The van der Waals surface area contributed by atoms with E-state index in [2.05, 4.69) is 11.1 Å². The lowest BCUT2D eigenvalue weighted by Gasteiger charge is -2.08. The van der Waals surface area contributed by atoms with Gasteiger partial charge in [-0.05, 0) is 18.2 Å². The van der Waals surface area contributed by atoms with Gasteiger partial charge in [-0.25, -0.2) is 4.98 Å². The predicted octanol–water partition coefficient (Wildman–Crippen LogP) is 3.18. The molecule has 0 bridgehead atoms. The van der Waals surface area contributed by atoms with E-state index in [9.17, 15) is 0 Å². The second kappa shape index (κ2) is 5.18. The van der Waals surface area contributed by atoms with E-state index in [0.717, 1.165) is 4.88 Å². The Morgan fingerprint density at radius 3 is 3.06 bits per heavy atom. The molecule has 1 heterocycles. The molecule has 83 valence electrons. The van der Waals surface area contributed by atoms with Crippen LogP contribution in [0.25, 0.3) is 0 Å². The van der Waals surface area contributed by atoms with E-state index < -0.39 is 0 Å². The van der Waals surface area contributed by atoms with E-state index >= 15 is 0 Å². The van der Waals surface area contributed by atoms with Gasteiger partial charge in [0, 0.05) is 6.20 Å². The number of halogens is 1. The third-order valence-corrected chi connectivity index (χ3v) is 2.99. The van der Waals surface area contributed by atoms with E-state index in [1.165, 1.54) is 11.3 Å². The highest BCUT2D eigenvalue weighted by atomic mass is 35.5. The summed E-state index contributed by atoms with van der Waals surface area (Å²) in [6, 6.07) is 8.23. The normalized spacial score (nSPS) is 10.1. The average molecular weight is 255 g/mol. The maximum atomic E-state index is 5.72. The van der Waals surface area contributed by atoms with Crippen LogP contribution in [0.1, 0.15) is 4.88 Å². The van der Waals surface area contributed by atoms with Gasteiger partial charge in [-0.1, -0.05) is 17.7 Å². The van der Waals surface area contributed by atoms with Crippen molar-refractivity contribution in [1.29, 1.82) is 0 Å². The van der Waals surface area contributed by atoms with Crippen LogP contribution in [0.5, 0.6) is 11.5 Å². The van der Waals surface area contributed by atoms with E-state index in [4.69, 9.17) is 21.1 Å². The van der Waals surface area contributed by atoms with Gasteiger partial charge in [0.25, 0.3) is 0 Å². The molecular formula is C11H9ClNO2S. The molecule has 0 fully saturated rings. The number of benzene rings is 1. The van der Waals surface area contributed by atoms with Crippen molar-refractivity contribution in [3.63, 3.8) is 0 Å². The number of hydrogen-bond acceptors (Lipinski definition) is 4. The van der Waals surface area contributed by atoms with Crippen LogP contribution in [0.3, 0.4) is 0 Å². The summed E-state index contributed by atoms with van der Waals surface area (Å²) >= 11 is 7.12. The first-order chi connectivity index (χ1) is 7.79. The first kappa shape index (κ1) is 11.2. The smallest absolute Gasteiger partial charge is 0.183 e. The molecule has 16 heavy (non-hydrogen) atoms. The van der Waals surface area contributed by atoms with Crippen molar-refractivity contribution in [3.8, 4) is 11.5 Å². The summed E-state index contributed by atoms with van der Waals surface area (Å²) in [4.78, 5) is 4.91. The summed E-state index contributed by atoms with van der Waals surface area (Å²) in [6.07, 6.45) is 1.70. The van der Waals surface area contributed by atoms with Gasteiger partial charge in [0.05, 0.1) is 12.0 Å². The van der Waals surface area contributed by atoms with Gasteiger partial charge < -0.3 is 9.47 Å². The lowest BCUT2D eigenvalue weighted by Crippen LogP contribution is -1.95. The number of aromatic nitrogens is 1. The zero-order valence-corrected chi connectivity index (χ0v) is 10.1. The first-order valence-corrected chi connectivity index (χ1v) is 5.76. The van der Waals surface area contributed by atoms with Crippen LogP contribution >= 0.6 is 22.9 Å². The van der Waals surface area contributed by atoms with Gasteiger partial charge in [0.2, 0.25) is 0 Å². The Labute approximate surface area is 103 Å². The molecule has 2 rings (SSSR count). The minimum Gasteiger partial charge on any atom is -0.493 e. The molecule has 1 radical (unpaired) electrons. The maximum Gasteiger partial charge on any atom is 0.183 e. The quantitative estimate of drug-likeness (QED) is 0.840. The molecule has 0 amide bonds. The van der Waals surface area contributed by atoms with Crippen molar-refractivity contribution in [2.45, 2.75) is 6.61 Å². The molecule has 0 aliphatic heterocycles. The summed E-state index contributed by atoms with van der Waals surface area (Å²) in [5.74, 6) is 1.35. The van der Waals surface area contributed by atoms with Crippen molar-refractivity contribution in [2.24, 2.45) is 0 Å². The molecule has 5 heteroatoms. The Balaban J connectivity index is 2.04. The van der Waals surface area contributed by atoms with Crippen LogP contribution in [-0.4, -0.2) is 12.1 Å². The number of ether oxygens (including phenoxy) is 2. The zero-order valence-electron chi connectivity index (χ0n) is 8.57. The Bertz CT molecular complexity index is 473. The van der Waals surface area contributed by atoms with Gasteiger partial charge in [-0.15, -0.1) is 11.3 Å². The molecule has 0 saturated carbocycles. The molecule has 0 aliphatic rings. The number of nitrogens with zero attached hydrogens (tertiary/aromatic N) is 1. The van der Waals surface area contributed by atoms with Crippen LogP contribution in [0, 0.1) is 6.07 Å². The molecule has 0 spiro atoms. The molecule has 0 aliphatic carbocycles. The van der Waals surface area contributed by atoms with Gasteiger partial charge >= 0.3 is 0 Å². The molecule has 0 saturated heterocycles. The second-order valence-corrected chi connectivity index (χ2v) is 4.64. The fourth-order valence-electron chi connectivity index (χ4n) is 1.18. The molecule has 1 aromatic carbocycles. The second-order valence-electron chi connectivity index (χ2n) is 2.95. The van der Waals surface area contributed by atoms with Gasteiger partial charge in [0.1, 0.15) is 6.61 Å². The topological polar surface area (TPSA) is 31.4 Å². The average Bonchev–Trinajstić information content (AvgIpc) is 2.73. The summed E-state index contributed by atoms with van der Waals surface area (Å²) < 4.78 is 11.3. The minimum atomic E-state index is 0.435. The summed E-state index contributed by atoms with van der Waals surface area (Å²) in [6.45, 7) is 0.435. The highest BCUT2D eigenvalue weighted by Gasteiger charge is 2.04. The van der Waals surface area contributed by atoms with Crippen molar-refractivity contribution < 1.29 is 9.47 Å². The summed E-state index contributed by atoms with van der Waals surface area (Å²) in [5, 5.41) is 0. The number of thiazole rings is 1. The monoisotopic (exact) mass is 254 g/mol. The summed E-state index contributed by atoms with van der Waals surface area (Å²) in [7, 11) is 1.60. The van der Waals surface area contributed by atoms with Crippen molar-refractivity contribution in [1.82, 2.24) is 4.98 Å². The third kappa shape index (κ3) is 2.65. The third-order valence-electron chi connectivity index (χ3n) is 1.90. The number of hydrogen-bond donors (Lipinski definition) is 0. The lowest BCUT2D eigenvalue weighted by atomic mass is 10.3. The minimum absolute atomic E-state index is 0.435.